The van der Waals surface area contributed by atoms with Crippen LogP contribution in [0, 0.1) is 5.82 Å². The van der Waals surface area contributed by atoms with Crippen molar-refractivity contribution in [1.82, 2.24) is 9.80 Å². The Morgan fingerprint density at radius 3 is 2.23 bits per heavy atom. The monoisotopic (exact) mass is 410 g/mol. The Bertz CT molecular complexity index is 1030. The van der Waals surface area contributed by atoms with Crippen LogP contribution in [-0.4, -0.2) is 55.3 Å². The summed E-state index contributed by atoms with van der Waals surface area (Å²) < 4.78 is 24.3. The molecule has 0 unspecified atom stereocenters. The molecule has 0 spiro atoms. The summed E-state index contributed by atoms with van der Waals surface area (Å²) in [6.07, 6.45) is 0. The van der Waals surface area contributed by atoms with Gasteiger partial charge in [-0.1, -0.05) is 18.2 Å². The molecule has 5 nitrogen and oxygen atoms in total. The number of fused-ring (bicyclic) bond motifs is 1. The van der Waals surface area contributed by atoms with E-state index in [-0.39, 0.29) is 11.6 Å². The van der Waals surface area contributed by atoms with E-state index in [1.807, 2.05) is 30.3 Å². The number of hydrogen-bond acceptors (Lipinski definition) is 5. The molecule has 1 N–H and O–H groups in total. The number of phenols is 1. The maximum atomic E-state index is 13.9. The second-order valence-corrected chi connectivity index (χ2v) is 7.67. The van der Waals surface area contributed by atoms with Crippen LogP contribution < -0.4 is 9.47 Å². The van der Waals surface area contributed by atoms with Crippen molar-refractivity contribution in [2.45, 2.75) is 13.1 Å². The second kappa shape index (κ2) is 8.90. The van der Waals surface area contributed by atoms with Crippen LogP contribution in [0.3, 0.4) is 0 Å². The smallest absolute Gasteiger partial charge is 0.165 e. The molecule has 0 aliphatic carbocycles. The van der Waals surface area contributed by atoms with Crippen LogP contribution in [0.5, 0.6) is 17.2 Å². The number of methoxy groups -OCH3 is 2. The van der Waals surface area contributed by atoms with Gasteiger partial charge in [-0.15, -0.1) is 0 Å². The third-order valence-corrected chi connectivity index (χ3v) is 5.78. The van der Waals surface area contributed by atoms with Crippen molar-refractivity contribution in [2.75, 3.05) is 40.4 Å². The number of ether oxygens (including phenoxy) is 2. The molecule has 0 atom stereocenters. The first-order valence-corrected chi connectivity index (χ1v) is 10.1. The Morgan fingerprint density at radius 1 is 0.867 bits per heavy atom. The summed E-state index contributed by atoms with van der Waals surface area (Å²) in [5.74, 6) is 1.04. The fraction of sp³-hybridized carbons (Fsp3) is 0.333. The highest BCUT2D eigenvalue weighted by molar-refractivity contribution is 5.88. The SMILES string of the molecule is COc1ccc2ccc(O)c(CN3CCN(Cc4ccc(OC)c(F)c4)CC3)c2c1. The molecule has 0 amide bonds. The van der Waals surface area contributed by atoms with Gasteiger partial charge in [0, 0.05) is 44.8 Å². The predicted octanol–water partition coefficient (Wildman–Crippen LogP) is 4.02. The van der Waals surface area contributed by atoms with Crippen molar-refractivity contribution in [1.29, 1.82) is 0 Å². The minimum absolute atomic E-state index is 0.273. The zero-order chi connectivity index (χ0) is 21.1. The highest BCUT2D eigenvalue weighted by atomic mass is 19.1. The lowest BCUT2D eigenvalue weighted by molar-refractivity contribution is 0.121. The molecule has 1 fully saturated rings. The van der Waals surface area contributed by atoms with E-state index in [1.54, 1.807) is 25.3 Å². The number of phenolic OH excluding ortho intramolecular Hbond substituents is 1. The zero-order valence-electron chi connectivity index (χ0n) is 17.4. The lowest BCUT2D eigenvalue weighted by atomic mass is 10.0. The molecule has 0 bridgehead atoms. The largest absolute Gasteiger partial charge is 0.508 e. The molecule has 0 saturated carbocycles. The maximum absolute atomic E-state index is 13.9. The quantitative estimate of drug-likeness (QED) is 0.665. The highest BCUT2D eigenvalue weighted by Gasteiger charge is 2.20. The minimum atomic E-state index is -0.324. The Balaban J connectivity index is 1.41. The molecular formula is C24H27FN2O3. The third-order valence-electron chi connectivity index (χ3n) is 5.78. The average molecular weight is 410 g/mol. The lowest BCUT2D eigenvalue weighted by Crippen LogP contribution is -2.45. The standard InChI is InChI=1S/C24H27FN2O3/c1-29-19-6-4-18-5-7-23(28)21(20(18)14-19)16-27-11-9-26(10-12-27)15-17-3-8-24(30-2)22(25)13-17/h3-8,13-14,28H,9-12,15-16H2,1-2H3. The molecule has 6 heteroatoms. The fourth-order valence-electron chi connectivity index (χ4n) is 4.04. The molecule has 3 aromatic rings. The summed E-state index contributed by atoms with van der Waals surface area (Å²) in [5.41, 5.74) is 1.87. The van der Waals surface area contributed by atoms with Gasteiger partial charge in [0.1, 0.15) is 11.5 Å². The Kier molecular flexibility index (Phi) is 6.06. The van der Waals surface area contributed by atoms with Crippen LogP contribution in [-0.2, 0) is 13.1 Å². The van der Waals surface area contributed by atoms with Crippen LogP contribution in [0.15, 0.2) is 48.5 Å². The van der Waals surface area contributed by atoms with Gasteiger partial charge in [-0.3, -0.25) is 9.80 Å². The molecule has 1 aliphatic heterocycles. The van der Waals surface area contributed by atoms with Crippen LogP contribution >= 0.6 is 0 Å². The Labute approximate surface area is 176 Å². The number of piperazine rings is 1. The van der Waals surface area contributed by atoms with Crippen molar-refractivity contribution in [3.8, 4) is 17.2 Å². The second-order valence-electron chi connectivity index (χ2n) is 7.67. The van der Waals surface area contributed by atoms with Gasteiger partial charge < -0.3 is 14.6 Å². The molecule has 1 heterocycles. The molecule has 0 radical (unpaired) electrons. The summed E-state index contributed by atoms with van der Waals surface area (Å²) in [6, 6.07) is 14.8. The van der Waals surface area contributed by atoms with Gasteiger partial charge in [-0.25, -0.2) is 4.39 Å². The van der Waals surface area contributed by atoms with Crippen LogP contribution in [0.2, 0.25) is 0 Å². The molecular weight excluding hydrogens is 383 g/mol. The molecule has 30 heavy (non-hydrogen) atoms. The molecule has 158 valence electrons. The normalized spacial score (nSPS) is 15.4. The predicted molar refractivity (Wildman–Crippen MR) is 116 cm³/mol. The summed E-state index contributed by atoms with van der Waals surface area (Å²) in [4.78, 5) is 4.67. The highest BCUT2D eigenvalue weighted by Crippen LogP contribution is 2.31. The zero-order valence-corrected chi connectivity index (χ0v) is 17.4. The van der Waals surface area contributed by atoms with Gasteiger partial charge in [-0.2, -0.15) is 0 Å². The molecule has 3 aromatic carbocycles. The Hall–Kier alpha value is -2.83. The molecule has 4 rings (SSSR count). The summed E-state index contributed by atoms with van der Waals surface area (Å²) in [5, 5.41) is 12.6. The summed E-state index contributed by atoms with van der Waals surface area (Å²) in [6.45, 7) is 4.95. The van der Waals surface area contributed by atoms with E-state index in [0.29, 0.717) is 18.8 Å². The first-order chi connectivity index (χ1) is 14.6. The number of halogens is 1. The van der Waals surface area contributed by atoms with E-state index >= 15 is 0 Å². The minimum Gasteiger partial charge on any atom is -0.508 e. The van der Waals surface area contributed by atoms with Gasteiger partial charge in [0.05, 0.1) is 14.2 Å². The molecule has 1 saturated heterocycles. The van der Waals surface area contributed by atoms with E-state index < -0.39 is 0 Å². The van der Waals surface area contributed by atoms with Crippen molar-refractivity contribution in [3.63, 3.8) is 0 Å². The Morgan fingerprint density at radius 2 is 1.57 bits per heavy atom. The van der Waals surface area contributed by atoms with Gasteiger partial charge in [-0.05, 0) is 46.7 Å². The van der Waals surface area contributed by atoms with Gasteiger partial charge >= 0.3 is 0 Å². The molecule has 0 aromatic heterocycles. The van der Waals surface area contributed by atoms with Crippen molar-refractivity contribution >= 4 is 10.8 Å². The topological polar surface area (TPSA) is 45.2 Å². The molecule has 1 aliphatic rings. The van der Waals surface area contributed by atoms with E-state index in [4.69, 9.17) is 9.47 Å². The number of rotatable bonds is 6. The number of benzene rings is 3. The van der Waals surface area contributed by atoms with E-state index in [0.717, 1.165) is 53.8 Å². The first kappa shape index (κ1) is 20.4. The number of nitrogens with zero attached hydrogens (tertiary/aromatic N) is 2. The lowest BCUT2D eigenvalue weighted by Gasteiger charge is -2.35. The van der Waals surface area contributed by atoms with E-state index in [9.17, 15) is 9.50 Å². The van der Waals surface area contributed by atoms with Gasteiger partial charge in [0.25, 0.3) is 0 Å². The van der Waals surface area contributed by atoms with Crippen LogP contribution in [0.1, 0.15) is 11.1 Å². The van der Waals surface area contributed by atoms with Crippen molar-refractivity contribution < 1.29 is 19.0 Å². The fourth-order valence-corrected chi connectivity index (χ4v) is 4.04. The number of aromatic hydroxyl groups is 1. The van der Waals surface area contributed by atoms with Crippen LogP contribution in [0.25, 0.3) is 10.8 Å². The van der Waals surface area contributed by atoms with Crippen molar-refractivity contribution in [3.05, 3.63) is 65.5 Å². The summed E-state index contributed by atoms with van der Waals surface area (Å²) in [7, 11) is 3.12. The third kappa shape index (κ3) is 4.35. The average Bonchev–Trinajstić information content (AvgIpc) is 2.77. The van der Waals surface area contributed by atoms with Gasteiger partial charge in [0.15, 0.2) is 11.6 Å². The van der Waals surface area contributed by atoms with E-state index in [1.165, 1.54) is 7.11 Å². The first-order valence-electron chi connectivity index (χ1n) is 10.1. The number of hydrogen-bond donors (Lipinski definition) is 1. The van der Waals surface area contributed by atoms with E-state index in [2.05, 4.69) is 9.80 Å². The van der Waals surface area contributed by atoms with Crippen LogP contribution in [0.4, 0.5) is 4.39 Å². The summed E-state index contributed by atoms with van der Waals surface area (Å²) >= 11 is 0. The van der Waals surface area contributed by atoms with Crippen molar-refractivity contribution in [2.24, 2.45) is 0 Å². The maximum Gasteiger partial charge on any atom is 0.165 e. The van der Waals surface area contributed by atoms with Gasteiger partial charge in [0.2, 0.25) is 0 Å².